The van der Waals surface area contributed by atoms with Crippen molar-refractivity contribution in [1.82, 2.24) is 20.0 Å². The van der Waals surface area contributed by atoms with E-state index in [4.69, 9.17) is 0 Å². The Balaban J connectivity index is 1.30. The maximum Gasteiger partial charge on any atom is 0.225 e. The first-order valence-corrected chi connectivity index (χ1v) is 11.7. The van der Waals surface area contributed by atoms with Crippen LogP contribution in [-0.2, 0) is 4.79 Å². The molecular formula is C22H21FN6OS2. The normalized spacial score (nSPS) is 10.8. The van der Waals surface area contributed by atoms with Gasteiger partial charge in [0, 0.05) is 17.9 Å². The number of hydrogen-bond acceptors (Lipinski definition) is 7. The third-order valence-electron chi connectivity index (χ3n) is 4.59. The average Bonchev–Trinajstić information content (AvgIpc) is 3.33. The molecule has 164 valence electrons. The molecule has 4 aromatic rings. The number of nitrogens with zero attached hydrogens (tertiary/aromatic N) is 4. The second kappa shape index (κ2) is 9.92. The Labute approximate surface area is 193 Å². The summed E-state index contributed by atoms with van der Waals surface area (Å²) >= 11 is 2.81. The van der Waals surface area contributed by atoms with Crippen LogP contribution in [0.1, 0.15) is 17.8 Å². The van der Waals surface area contributed by atoms with Crippen LogP contribution in [0.25, 0.3) is 5.69 Å². The first kappa shape index (κ1) is 22.0. The number of hydrogen-bond donors (Lipinski definition) is 2. The molecule has 0 aliphatic rings. The van der Waals surface area contributed by atoms with Crippen molar-refractivity contribution in [3.63, 3.8) is 0 Å². The summed E-state index contributed by atoms with van der Waals surface area (Å²) in [5.74, 6) is 0.157. The van der Waals surface area contributed by atoms with E-state index in [9.17, 15) is 9.18 Å². The van der Waals surface area contributed by atoms with E-state index in [1.807, 2.05) is 48.9 Å². The van der Waals surface area contributed by atoms with Gasteiger partial charge in [0.2, 0.25) is 11.0 Å². The molecule has 0 unspecified atom stereocenters. The highest BCUT2D eigenvalue weighted by Gasteiger charge is 2.15. The second-order valence-electron chi connectivity index (χ2n) is 6.95. The summed E-state index contributed by atoms with van der Waals surface area (Å²) in [5.41, 5.74) is 3.94. The van der Waals surface area contributed by atoms with Crippen molar-refractivity contribution in [2.45, 2.75) is 24.6 Å². The maximum atomic E-state index is 13.3. The highest BCUT2D eigenvalue weighted by molar-refractivity contribution is 8.01. The molecule has 32 heavy (non-hydrogen) atoms. The van der Waals surface area contributed by atoms with E-state index in [1.165, 1.54) is 35.2 Å². The Morgan fingerprint density at radius 2 is 1.94 bits per heavy atom. The van der Waals surface area contributed by atoms with Crippen molar-refractivity contribution in [3.8, 4) is 5.69 Å². The number of carbonyl (C=O) groups is 1. The molecular weight excluding hydrogens is 447 g/mol. The minimum atomic E-state index is -0.320. The fraction of sp³-hybridized carbons (Fsp3) is 0.182. The fourth-order valence-corrected chi connectivity index (χ4v) is 4.87. The zero-order valence-electron chi connectivity index (χ0n) is 17.5. The molecule has 0 aliphatic heterocycles. The number of carbonyl (C=O) groups excluding carboxylic acids is 1. The lowest BCUT2D eigenvalue weighted by Gasteiger charge is -2.07. The van der Waals surface area contributed by atoms with Crippen molar-refractivity contribution < 1.29 is 9.18 Å². The smallest absolute Gasteiger partial charge is 0.225 e. The zero-order valence-corrected chi connectivity index (χ0v) is 19.1. The van der Waals surface area contributed by atoms with Crippen LogP contribution >= 0.6 is 23.1 Å². The Hall–Kier alpha value is -3.24. The lowest BCUT2D eigenvalue weighted by Crippen LogP contribution is -2.13. The molecule has 10 heteroatoms. The van der Waals surface area contributed by atoms with Gasteiger partial charge in [0.15, 0.2) is 4.34 Å². The summed E-state index contributed by atoms with van der Waals surface area (Å²) < 4.78 is 15.9. The molecule has 0 saturated heterocycles. The van der Waals surface area contributed by atoms with Crippen LogP contribution in [0.2, 0.25) is 0 Å². The van der Waals surface area contributed by atoms with Crippen molar-refractivity contribution in [2.75, 3.05) is 16.4 Å². The summed E-state index contributed by atoms with van der Waals surface area (Å²) in [6.07, 6.45) is 0.326. The largest absolute Gasteiger partial charge is 0.330 e. The molecule has 2 aromatic heterocycles. The number of para-hydroxylation sites is 1. The quantitative estimate of drug-likeness (QED) is 0.339. The van der Waals surface area contributed by atoms with Gasteiger partial charge in [-0.15, -0.1) is 10.2 Å². The van der Waals surface area contributed by atoms with Gasteiger partial charge in [-0.25, -0.2) is 9.07 Å². The summed E-state index contributed by atoms with van der Waals surface area (Å²) in [7, 11) is 0. The van der Waals surface area contributed by atoms with Gasteiger partial charge in [0.25, 0.3) is 0 Å². The van der Waals surface area contributed by atoms with Crippen LogP contribution < -0.4 is 10.6 Å². The van der Waals surface area contributed by atoms with Crippen molar-refractivity contribution in [2.24, 2.45) is 0 Å². The van der Waals surface area contributed by atoms with Crippen molar-refractivity contribution >= 4 is 45.5 Å². The molecule has 0 fully saturated rings. The molecule has 7 nitrogen and oxygen atoms in total. The predicted octanol–water partition coefficient (Wildman–Crippen LogP) is 5.34. The topological polar surface area (TPSA) is 84.7 Å². The highest BCUT2D eigenvalue weighted by atomic mass is 32.2. The van der Waals surface area contributed by atoms with Gasteiger partial charge in [0.05, 0.1) is 22.8 Å². The van der Waals surface area contributed by atoms with Crippen LogP contribution in [0.15, 0.2) is 58.9 Å². The second-order valence-corrected chi connectivity index (χ2v) is 9.27. The first-order valence-electron chi connectivity index (χ1n) is 9.90. The van der Waals surface area contributed by atoms with Crippen LogP contribution in [0.4, 0.5) is 20.9 Å². The summed E-state index contributed by atoms with van der Waals surface area (Å²) in [6.45, 7) is 3.82. The molecule has 0 bridgehead atoms. The van der Waals surface area contributed by atoms with Crippen molar-refractivity contribution in [3.05, 3.63) is 71.8 Å². The average molecular weight is 469 g/mol. The third kappa shape index (κ3) is 5.32. The molecule has 2 heterocycles. The third-order valence-corrected chi connectivity index (χ3v) is 6.57. The highest BCUT2D eigenvalue weighted by Crippen LogP contribution is 2.28. The summed E-state index contributed by atoms with van der Waals surface area (Å²) in [6, 6.07) is 16.0. The number of anilines is 3. The number of rotatable bonds is 8. The van der Waals surface area contributed by atoms with E-state index in [-0.39, 0.29) is 11.7 Å². The van der Waals surface area contributed by atoms with E-state index in [1.54, 1.807) is 12.1 Å². The number of aryl methyl sites for hydroxylation is 1. The summed E-state index contributed by atoms with van der Waals surface area (Å²) in [5, 5.41) is 19.3. The lowest BCUT2D eigenvalue weighted by atomic mass is 10.3. The zero-order chi connectivity index (χ0) is 22.5. The van der Waals surface area contributed by atoms with Gasteiger partial charge in [-0.3, -0.25) is 4.79 Å². The van der Waals surface area contributed by atoms with Crippen LogP contribution in [-0.4, -0.2) is 31.6 Å². The standard InChI is InChI=1S/C22H21FN6OS2/c1-14-20(15(2)29(28-14)18-9-4-3-5-10-18)25-19(30)11-12-31-22-27-26-21(32-22)24-17-8-6-7-16(23)13-17/h3-10,13H,11-12H2,1-2H3,(H,24,26)(H,25,30). The van der Waals surface area contributed by atoms with E-state index in [2.05, 4.69) is 25.9 Å². The first-order chi connectivity index (χ1) is 15.5. The van der Waals surface area contributed by atoms with E-state index in [0.29, 0.717) is 23.0 Å². The van der Waals surface area contributed by atoms with Crippen LogP contribution in [0.3, 0.4) is 0 Å². The number of nitrogens with one attached hydrogen (secondary N) is 2. The molecule has 0 radical (unpaired) electrons. The molecule has 2 N–H and O–H groups in total. The SMILES string of the molecule is Cc1nn(-c2ccccc2)c(C)c1NC(=O)CCSc1nnc(Nc2cccc(F)c2)s1. The van der Waals surface area contributed by atoms with Crippen molar-refractivity contribution in [1.29, 1.82) is 0 Å². The van der Waals surface area contributed by atoms with E-state index < -0.39 is 0 Å². The van der Waals surface area contributed by atoms with Gasteiger partial charge in [-0.2, -0.15) is 5.10 Å². The Morgan fingerprint density at radius 3 is 2.72 bits per heavy atom. The molecule has 0 spiro atoms. The number of thioether (sulfide) groups is 1. The Morgan fingerprint density at radius 1 is 1.12 bits per heavy atom. The number of aromatic nitrogens is 4. The Bertz CT molecular complexity index is 1220. The fourth-order valence-electron chi connectivity index (χ4n) is 3.09. The lowest BCUT2D eigenvalue weighted by molar-refractivity contribution is -0.115. The number of halogens is 1. The molecule has 0 atom stereocenters. The number of amides is 1. The Kier molecular flexibility index (Phi) is 6.81. The molecule has 0 aliphatic carbocycles. The molecule has 0 saturated carbocycles. The minimum Gasteiger partial charge on any atom is -0.330 e. The van der Waals surface area contributed by atoms with Gasteiger partial charge >= 0.3 is 0 Å². The van der Waals surface area contributed by atoms with Gasteiger partial charge in [-0.05, 0) is 44.2 Å². The molecule has 1 amide bonds. The predicted molar refractivity (Wildman–Crippen MR) is 127 cm³/mol. The van der Waals surface area contributed by atoms with E-state index in [0.717, 1.165) is 27.1 Å². The van der Waals surface area contributed by atoms with Gasteiger partial charge in [0.1, 0.15) is 5.82 Å². The molecule has 4 rings (SSSR count). The van der Waals surface area contributed by atoms with Crippen LogP contribution in [0.5, 0.6) is 0 Å². The monoisotopic (exact) mass is 468 g/mol. The number of benzene rings is 2. The van der Waals surface area contributed by atoms with Gasteiger partial charge in [-0.1, -0.05) is 47.4 Å². The van der Waals surface area contributed by atoms with Gasteiger partial charge < -0.3 is 10.6 Å². The molecule has 2 aromatic carbocycles. The minimum absolute atomic E-state index is 0.0843. The maximum absolute atomic E-state index is 13.3. The van der Waals surface area contributed by atoms with E-state index >= 15 is 0 Å². The summed E-state index contributed by atoms with van der Waals surface area (Å²) in [4.78, 5) is 12.5. The van der Waals surface area contributed by atoms with Crippen LogP contribution in [0, 0.1) is 19.7 Å².